The second kappa shape index (κ2) is 7.74. The molecule has 1 aliphatic rings. The van der Waals surface area contributed by atoms with E-state index in [2.05, 4.69) is 12.2 Å². The topological polar surface area (TPSA) is 21.3 Å². The third kappa shape index (κ3) is 4.70. The van der Waals surface area contributed by atoms with Crippen LogP contribution in [0.25, 0.3) is 0 Å². The molecule has 0 spiro atoms. The molecule has 1 N–H and O–H groups in total. The van der Waals surface area contributed by atoms with Crippen LogP contribution in [0, 0.1) is 5.92 Å². The molecule has 1 aliphatic carbocycles. The molecule has 0 amide bonds. The molecule has 1 aromatic carbocycles. The molecule has 0 radical (unpaired) electrons. The lowest BCUT2D eigenvalue weighted by atomic mass is 9.87. The van der Waals surface area contributed by atoms with Gasteiger partial charge in [-0.05, 0) is 30.9 Å². The molecule has 1 saturated carbocycles. The lowest BCUT2D eigenvalue weighted by molar-refractivity contribution is 0.266. The van der Waals surface area contributed by atoms with E-state index in [-0.39, 0.29) is 0 Å². The summed E-state index contributed by atoms with van der Waals surface area (Å²) < 4.78 is 5.66. The third-order valence-electron chi connectivity index (χ3n) is 3.68. The number of halogens is 3. The van der Waals surface area contributed by atoms with Crippen LogP contribution in [0.15, 0.2) is 12.1 Å². The number of hydrogen-bond donors (Lipinski definition) is 1. The maximum absolute atomic E-state index is 6.07. The van der Waals surface area contributed by atoms with E-state index in [1.165, 1.54) is 25.7 Å². The van der Waals surface area contributed by atoms with Crippen LogP contribution >= 0.6 is 34.8 Å². The highest BCUT2D eigenvalue weighted by Crippen LogP contribution is 2.35. The maximum atomic E-state index is 6.07. The Bertz CT molecular complexity index is 430. The minimum absolute atomic E-state index is 0.453. The van der Waals surface area contributed by atoms with Gasteiger partial charge in [0, 0.05) is 17.6 Å². The Balaban J connectivity index is 1.76. The van der Waals surface area contributed by atoms with Crippen molar-refractivity contribution < 1.29 is 4.74 Å². The van der Waals surface area contributed by atoms with E-state index in [1.807, 2.05) is 0 Å². The molecule has 20 heavy (non-hydrogen) atoms. The Morgan fingerprint density at radius 1 is 1.20 bits per heavy atom. The monoisotopic (exact) mass is 335 g/mol. The van der Waals surface area contributed by atoms with Gasteiger partial charge in [0.05, 0.1) is 10.0 Å². The van der Waals surface area contributed by atoms with E-state index in [9.17, 15) is 0 Å². The number of nitrogens with one attached hydrogen (secondary N) is 1. The minimum Gasteiger partial charge on any atom is -0.489 e. The Hall–Kier alpha value is -0.150. The van der Waals surface area contributed by atoms with Crippen LogP contribution in [0.3, 0.4) is 0 Å². The second-order valence-electron chi connectivity index (χ2n) is 5.47. The molecule has 1 aromatic rings. The van der Waals surface area contributed by atoms with Crippen molar-refractivity contribution in [3.05, 3.63) is 27.2 Å². The highest BCUT2D eigenvalue weighted by atomic mass is 35.5. The summed E-state index contributed by atoms with van der Waals surface area (Å²) in [5, 5.41) is 4.96. The molecule has 0 saturated heterocycles. The van der Waals surface area contributed by atoms with E-state index in [0.717, 1.165) is 12.5 Å². The van der Waals surface area contributed by atoms with Crippen molar-refractivity contribution in [3.8, 4) is 5.75 Å². The highest BCUT2D eigenvalue weighted by molar-refractivity contribution is 6.40. The van der Waals surface area contributed by atoms with Gasteiger partial charge in [-0.3, -0.25) is 0 Å². The van der Waals surface area contributed by atoms with Crippen molar-refractivity contribution in [2.45, 2.75) is 38.6 Å². The molecule has 0 aromatic heterocycles. The lowest BCUT2D eigenvalue weighted by Crippen LogP contribution is -2.36. The van der Waals surface area contributed by atoms with Gasteiger partial charge in [-0.25, -0.2) is 0 Å². The predicted molar refractivity (Wildman–Crippen MR) is 86.4 cm³/mol. The maximum Gasteiger partial charge on any atom is 0.156 e. The molecule has 2 rings (SSSR count). The van der Waals surface area contributed by atoms with E-state index < -0.39 is 0 Å². The summed E-state index contributed by atoms with van der Waals surface area (Å²) in [6, 6.07) is 3.89. The Morgan fingerprint density at radius 3 is 2.55 bits per heavy atom. The van der Waals surface area contributed by atoms with Gasteiger partial charge >= 0.3 is 0 Å². The smallest absolute Gasteiger partial charge is 0.156 e. The van der Waals surface area contributed by atoms with E-state index in [1.54, 1.807) is 12.1 Å². The van der Waals surface area contributed by atoms with Gasteiger partial charge in [0.25, 0.3) is 0 Å². The molecule has 0 bridgehead atoms. The molecule has 2 atom stereocenters. The minimum atomic E-state index is 0.453. The normalized spacial score (nSPS) is 22.8. The fourth-order valence-electron chi connectivity index (χ4n) is 2.70. The van der Waals surface area contributed by atoms with Crippen LogP contribution in [0.1, 0.15) is 32.6 Å². The fraction of sp³-hybridized carbons (Fsp3) is 0.600. The van der Waals surface area contributed by atoms with Gasteiger partial charge in [0.1, 0.15) is 6.61 Å². The van der Waals surface area contributed by atoms with E-state index in [0.29, 0.717) is 33.5 Å². The largest absolute Gasteiger partial charge is 0.489 e. The first-order valence-corrected chi connectivity index (χ1v) is 8.20. The van der Waals surface area contributed by atoms with Crippen LogP contribution in [0.2, 0.25) is 15.1 Å². The Kier molecular flexibility index (Phi) is 6.28. The van der Waals surface area contributed by atoms with Crippen LogP contribution in [-0.2, 0) is 0 Å². The molecule has 112 valence electrons. The predicted octanol–water partition coefficient (Wildman–Crippen LogP) is 5.19. The van der Waals surface area contributed by atoms with Crippen LogP contribution in [0.4, 0.5) is 0 Å². The quantitative estimate of drug-likeness (QED) is 0.747. The first-order valence-electron chi connectivity index (χ1n) is 7.07. The second-order valence-corrected chi connectivity index (χ2v) is 6.72. The van der Waals surface area contributed by atoms with Gasteiger partial charge in [0.2, 0.25) is 0 Å². The SMILES string of the molecule is CC1CCCC(NCCOc2c(Cl)cc(Cl)cc2Cl)C1. The van der Waals surface area contributed by atoms with Crippen molar-refractivity contribution in [3.63, 3.8) is 0 Å². The average Bonchev–Trinajstić information content (AvgIpc) is 2.36. The van der Waals surface area contributed by atoms with Crippen molar-refractivity contribution in [1.82, 2.24) is 5.32 Å². The zero-order valence-electron chi connectivity index (χ0n) is 11.6. The molecule has 5 heteroatoms. The molecule has 0 aliphatic heterocycles. The van der Waals surface area contributed by atoms with Crippen molar-refractivity contribution in [2.75, 3.05) is 13.2 Å². The zero-order chi connectivity index (χ0) is 14.5. The summed E-state index contributed by atoms with van der Waals surface area (Å²) in [5.74, 6) is 1.33. The van der Waals surface area contributed by atoms with Gasteiger partial charge in [-0.15, -0.1) is 0 Å². The van der Waals surface area contributed by atoms with Crippen LogP contribution in [0.5, 0.6) is 5.75 Å². The standard InChI is InChI=1S/C15H20Cl3NO/c1-10-3-2-4-12(7-10)19-5-6-20-15-13(17)8-11(16)9-14(15)18/h8-10,12,19H,2-7H2,1H3. The lowest BCUT2D eigenvalue weighted by Gasteiger charge is -2.27. The first-order chi connectivity index (χ1) is 9.56. The number of benzene rings is 1. The van der Waals surface area contributed by atoms with Crippen molar-refractivity contribution in [2.24, 2.45) is 5.92 Å². The van der Waals surface area contributed by atoms with Gasteiger partial charge in [0.15, 0.2) is 5.75 Å². The van der Waals surface area contributed by atoms with E-state index >= 15 is 0 Å². The summed E-state index contributed by atoms with van der Waals surface area (Å²) in [7, 11) is 0. The average molecular weight is 337 g/mol. The highest BCUT2D eigenvalue weighted by Gasteiger charge is 2.18. The van der Waals surface area contributed by atoms with Gasteiger partial charge < -0.3 is 10.1 Å². The number of hydrogen-bond acceptors (Lipinski definition) is 2. The zero-order valence-corrected chi connectivity index (χ0v) is 13.9. The molecule has 1 fully saturated rings. The van der Waals surface area contributed by atoms with Crippen molar-refractivity contribution >= 4 is 34.8 Å². The number of ether oxygens (including phenoxy) is 1. The van der Waals surface area contributed by atoms with Crippen LogP contribution < -0.4 is 10.1 Å². The van der Waals surface area contributed by atoms with Gasteiger partial charge in [-0.1, -0.05) is 54.6 Å². The summed E-state index contributed by atoms with van der Waals surface area (Å²) in [5.41, 5.74) is 0. The van der Waals surface area contributed by atoms with Gasteiger partial charge in [-0.2, -0.15) is 0 Å². The summed E-state index contributed by atoms with van der Waals surface area (Å²) >= 11 is 18.0. The first kappa shape index (κ1) is 16.2. The van der Waals surface area contributed by atoms with E-state index in [4.69, 9.17) is 39.5 Å². The number of rotatable bonds is 5. The summed E-state index contributed by atoms with van der Waals surface area (Å²) in [6.45, 7) is 3.66. The third-order valence-corrected chi connectivity index (χ3v) is 4.46. The van der Waals surface area contributed by atoms with Crippen molar-refractivity contribution in [1.29, 1.82) is 0 Å². The molecule has 2 nitrogen and oxygen atoms in total. The summed E-state index contributed by atoms with van der Waals surface area (Å²) in [4.78, 5) is 0. The Morgan fingerprint density at radius 2 is 1.90 bits per heavy atom. The molecular weight excluding hydrogens is 317 g/mol. The summed E-state index contributed by atoms with van der Waals surface area (Å²) in [6.07, 6.45) is 5.18. The fourth-order valence-corrected chi connectivity index (χ4v) is 3.63. The van der Waals surface area contributed by atoms with Crippen LogP contribution in [-0.4, -0.2) is 19.2 Å². The molecule has 2 unspecified atom stereocenters. The molecule has 0 heterocycles. The Labute approximate surface area is 135 Å². The molecular formula is C15H20Cl3NO.